The molecule has 2 aromatic carbocycles. The number of nitrogens with zero attached hydrogens (tertiary/aromatic N) is 1. The molecule has 0 fully saturated rings. The summed E-state index contributed by atoms with van der Waals surface area (Å²) in [6.45, 7) is 0. The van der Waals surface area contributed by atoms with Gasteiger partial charge >= 0.3 is 4.87 Å². The maximum absolute atomic E-state index is 12.0. The van der Waals surface area contributed by atoms with Crippen LogP contribution in [0.1, 0.15) is 0 Å². The molecule has 100 valence electrons. The van der Waals surface area contributed by atoms with Crippen LogP contribution >= 0.6 is 22.9 Å². The molecule has 1 heterocycles. The topological polar surface area (TPSA) is 22.0 Å². The molecule has 1 aromatic heterocycles. The molecule has 0 bridgehead atoms. The second kappa shape index (κ2) is 5.27. The van der Waals surface area contributed by atoms with Gasteiger partial charge in [-0.05, 0) is 23.3 Å². The molecule has 0 unspecified atom stereocenters. The quantitative estimate of drug-likeness (QED) is 0.686. The fraction of sp³-hybridized carbons (Fsp3) is 0.0625. The Morgan fingerprint density at radius 1 is 0.950 bits per heavy atom. The SMILES string of the molecule is Cn1c(-c2ccccc2)c(-c2ccc(Cl)cc2)sc1=O. The molecule has 0 aliphatic carbocycles. The highest BCUT2D eigenvalue weighted by molar-refractivity contribution is 7.13. The van der Waals surface area contributed by atoms with Crippen LogP contribution in [0.15, 0.2) is 59.4 Å². The van der Waals surface area contributed by atoms with Crippen LogP contribution in [-0.2, 0) is 7.05 Å². The summed E-state index contributed by atoms with van der Waals surface area (Å²) in [4.78, 5) is 13.0. The molecule has 4 heteroatoms. The predicted octanol–water partition coefficient (Wildman–Crippen LogP) is 4.43. The lowest BCUT2D eigenvalue weighted by molar-refractivity contribution is 0.907. The summed E-state index contributed by atoms with van der Waals surface area (Å²) in [5.74, 6) is 0. The van der Waals surface area contributed by atoms with Gasteiger partial charge in [-0.3, -0.25) is 4.79 Å². The molecule has 3 aromatic rings. The molecule has 3 rings (SSSR count). The van der Waals surface area contributed by atoms with E-state index >= 15 is 0 Å². The maximum Gasteiger partial charge on any atom is 0.307 e. The summed E-state index contributed by atoms with van der Waals surface area (Å²) in [7, 11) is 1.81. The van der Waals surface area contributed by atoms with Crippen molar-refractivity contribution < 1.29 is 0 Å². The average molecular weight is 302 g/mol. The van der Waals surface area contributed by atoms with Gasteiger partial charge in [0.15, 0.2) is 0 Å². The minimum atomic E-state index is 0.0359. The number of aromatic nitrogens is 1. The Bertz CT molecular complexity index is 788. The first-order valence-corrected chi connectivity index (χ1v) is 7.37. The Hall–Kier alpha value is -1.84. The third-order valence-corrected chi connectivity index (χ3v) is 4.50. The molecule has 0 atom stereocenters. The van der Waals surface area contributed by atoms with Crippen molar-refractivity contribution in [2.75, 3.05) is 0 Å². The van der Waals surface area contributed by atoms with Gasteiger partial charge in [-0.15, -0.1) is 0 Å². The molecular formula is C16H12ClNOS. The van der Waals surface area contributed by atoms with E-state index in [0.29, 0.717) is 5.02 Å². The molecular weight excluding hydrogens is 290 g/mol. The number of rotatable bonds is 2. The summed E-state index contributed by atoms with van der Waals surface area (Å²) in [6, 6.07) is 17.5. The smallest absolute Gasteiger partial charge is 0.301 e. The number of benzene rings is 2. The number of hydrogen-bond donors (Lipinski definition) is 0. The minimum absolute atomic E-state index is 0.0359. The van der Waals surface area contributed by atoms with Crippen molar-refractivity contribution in [3.63, 3.8) is 0 Å². The zero-order chi connectivity index (χ0) is 14.1. The van der Waals surface area contributed by atoms with Gasteiger partial charge in [-0.1, -0.05) is 65.4 Å². The van der Waals surface area contributed by atoms with Crippen molar-refractivity contribution >= 4 is 22.9 Å². The van der Waals surface area contributed by atoms with Crippen molar-refractivity contribution in [1.82, 2.24) is 4.57 Å². The highest BCUT2D eigenvalue weighted by Crippen LogP contribution is 2.34. The first-order valence-electron chi connectivity index (χ1n) is 6.18. The van der Waals surface area contributed by atoms with Crippen LogP contribution in [0.3, 0.4) is 0 Å². The van der Waals surface area contributed by atoms with Crippen LogP contribution in [0.4, 0.5) is 0 Å². The molecule has 0 spiro atoms. The number of hydrogen-bond acceptors (Lipinski definition) is 2. The molecule has 0 N–H and O–H groups in total. The molecule has 20 heavy (non-hydrogen) atoms. The van der Waals surface area contributed by atoms with E-state index in [9.17, 15) is 4.79 Å². The largest absolute Gasteiger partial charge is 0.307 e. The summed E-state index contributed by atoms with van der Waals surface area (Å²) in [5.41, 5.74) is 3.00. The minimum Gasteiger partial charge on any atom is -0.301 e. The molecule has 0 radical (unpaired) electrons. The highest BCUT2D eigenvalue weighted by Gasteiger charge is 2.15. The first-order chi connectivity index (χ1) is 9.66. The van der Waals surface area contributed by atoms with Crippen molar-refractivity contribution in [1.29, 1.82) is 0 Å². The van der Waals surface area contributed by atoms with Gasteiger partial charge in [0.1, 0.15) is 0 Å². The number of halogens is 1. The Morgan fingerprint density at radius 3 is 2.25 bits per heavy atom. The summed E-state index contributed by atoms with van der Waals surface area (Å²) in [5, 5.41) is 0.693. The van der Waals surface area contributed by atoms with Crippen molar-refractivity contribution in [2.45, 2.75) is 0 Å². The van der Waals surface area contributed by atoms with Gasteiger partial charge in [0, 0.05) is 12.1 Å². The average Bonchev–Trinajstić information content (AvgIpc) is 2.77. The van der Waals surface area contributed by atoms with E-state index in [-0.39, 0.29) is 4.87 Å². The Morgan fingerprint density at radius 2 is 1.60 bits per heavy atom. The maximum atomic E-state index is 12.0. The number of thiazole rings is 1. The molecule has 2 nitrogen and oxygen atoms in total. The normalized spacial score (nSPS) is 10.7. The lowest BCUT2D eigenvalue weighted by atomic mass is 10.1. The van der Waals surface area contributed by atoms with E-state index in [1.165, 1.54) is 11.3 Å². The van der Waals surface area contributed by atoms with Crippen molar-refractivity contribution in [3.05, 3.63) is 69.3 Å². The zero-order valence-corrected chi connectivity index (χ0v) is 12.4. The van der Waals surface area contributed by atoms with Gasteiger partial charge in [0.2, 0.25) is 0 Å². The summed E-state index contributed by atoms with van der Waals surface area (Å²) >= 11 is 7.19. The second-order valence-electron chi connectivity index (χ2n) is 4.48. The fourth-order valence-corrected chi connectivity index (χ4v) is 3.30. The van der Waals surface area contributed by atoms with E-state index in [1.807, 2.05) is 54.6 Å². The Labute approximate surface area is 125 Å². The lowest BCUT2D eigenvalue weighted by Crippen LogP contribution is -2.08. The van der Waals surface area contributed by atoms with E-state index in [1.54, 1.807) is 11.6 Å². The van der Waals surface area contributed by atoms with Crippen LogP contribution in [0.5, 0.6) is 0 Å². The highest BCUT2D eigenvalue weighted by atomic mass is 35.5. The third kappa shape index (κ3) is 2.30. The first kappa shape index (κ1) is 13.2. The Kier molecular flexibility index (Phi) is 3.47. The molecule has 0 saturated carbocycles. The van der Waals surface area contributed by atoms with Gasteiger partial charge in [0.05, 0.1) is 10.6 Å². The molecule has 0 aliphatic heterocycles. The zero-order valence-electron chi connectivity index (χ0n) is 10.8. The van der Waals surface area contributed by atoms with Crippen molar-refractivity contribution in [2.24, 2.45) is 7.05 Å². The van der Waals surface area contributed by atoms with Gasteiger partial charge in [-0.25, -0.2) is 0 Å². The fourth-order valence-electron chi connectivity index (χ4n) is 2.17. The summed E-state index contributed by atoms with van der Waals surface area (Å²) in [6.07, 6.45) is 0. The van der Waals surface area contributed by atoms with Crippen LogP contribution in [0, 0.1) is 0 Å². The van der Waals surface area contributed by atoms with Gasteiger partial charge in [-0.2, -0.15) is 0 Å². The molecule has 0 saturated heterocycles. The van der Waals surface area contributed by atoms with Crippen LogP contribution < -0.4 is 4.87 Å². The van der Waals surface area contributed by atoms with Crippen molar-refractivity contribution in [3.8, 4) is 21.7 Å². The standard InChI is InChI=1S/C16H12ClNOS/c1-18-14(11-5-3-2-4-6-11)15(20-16(18)19)12-7-9-13(17)10-8-12/h2-10H,1H3. The van der Waals surface area contributed by atoms with E-state index in [0.717, 1.165) is 21.7 Å². The predicted molar refractivity (Wildman–Crippen MR) is 85.4 cm³/mol. The van der Waals surface area contributed by atoms with Crippen LogP contribution in [0.2, 0.25) is 5.02 Å². The van der Waals surface area contributed by atoms with E-state index < -0.39 is 0 Å². The van der Waals surface area contributed by atoms with Crippen LogP contribution in [-0.4, -0.2) is 4.57 Å². The van der Waals surface area contributed by atoms with Gasteiger partial charge in [0.25, 0.3) is 0 Å². The van der Waals surface area contributed by atoms with E-state index in [2.05, 4.69) is 0 Å². The monoisotopic (exact) mass is 301 g/mol. The third-order valence-electron chi connectivity index (χ3n) is 3.17. The Balaban J connectivity index is 2.25. The van der Waals surface area contributed by atoms with Gasteiger partial charge < -0.3 is 4.57 Å². The van der Waals surface area contributed by atoms with E-state index in [4.69, 9.17) is 11.6 Å². The summed E-state index contributed by atoms with van der Waals surface area (Å²) < 4.78 is 1.70. The molecule has 0 amide bonds. The van der Waals surface area contributed by atoms with Crippen LogP contribution in [0.25, 0.3) is 21.7 Å². The molecule has 0 aliphatic rings. The lowest BCUT2D eigenvalue weighted by Gasteiger charge is -2.06. The second-order valence-corrected chi connectivity index (χ2v) is 5.88.